The van der Waals surface area contributed by atoms with Gasteiger partial charge in [0.2, 0.25) is 0 Å². The molecule has 1 spiro atoms. The van der Waals surface area contributed by atoms with Crippen LogP contribution >= 0.6 is 0 Å². The van der Waals surface area contributed by atoms with Crippen molar-refractivity contribution in [1.82, 2.24) is 0 Å². The van der Waals surface area contributed by atoms with Crippen LogP contribution in [0.15, 0.2) is 133 Å². The predicted octanol–water partition coefficient (Wildman–Crippen LogP) is 10.8. The number of nitrogens with one attached hydrogen (secondary N) is 1. The summed E-state index contributed by atoms with van der Waals surface area (Å²) in [5, 5.41) is 3.73. The summed E-state index contributed by atoms with van der Waals surface area (Å²) in [4.78, 5) is 0. The smallest absolute Gasteiger partial charge is 0.0463 e. The average Bonchev–Trinajstić information content (AvgIpc) is 3.30. The molecule has 5 aromatic carbocycles. The highest BCUT2D eigenvalue weighted by atomic mass is 14.9. The minimum atomic E-state index is 0.0254. The lowest BCUT2D eigenvalue weighted by Gasteiger charge is -2.45. The minimum absolute atomic E-state index is 0.0254. The van der Waals surface area contributed by atoms with Gasteiger partial charge in [-0.3, -0.25) is 0 Å². The van der Waals surface area contributed by atoms with Crippen LogP contribution in [0, 0.1) is 11.8 Å². The molecule has 0 aromatic heterocycles. The van der Waals surface area contributed by atoms with Gasteiger partial charge in [0, 0.05) is 22.4 Å². The zero-order valence-corrected chi connectivity index (χ0v) is 23.6. The highest BCUT2D eigenvalue weighted by Crippen LogP contribution is 2.61. The molecule has 3 aliphatic rings. The first-order chi connectivity index (χ1) is 20.2. The Kier molecular flexibility index (Phi) is 5.74. The number of anilines is 2. The van der Waals surface area contributed by atoms with Crippen molar-refractivity contribution in [2.45, 2.75) is 38.0 Å². The first-order valence-electron chi connectivity index (χ1n) is 15.2. The van der Waals surface area contributed by atoms with E-state index in [2.05, 4.69) is 140 Å². The molecule has 1 N–H and O–H groups in total. The van der Waals surface area contributed by atoms with Gasteiger partial charge >= 0.3 is 0 Å². The highest BCUT2D eigenvalue weighted by Gasteiger charge is 2.49. The summed E-state index contributed by atoms with van der Waals surface area (Å²) in [6.45, 7) is 2.41. The Morgan fingerprint density at radius 1 is 0.634 bits per heavy atom. The van der Waals surface area contributed by atoms with Gasteiger partial charge in [0.25, 0.3) is 0 Å². The Morgan fingerprint density at radius 2 is 1.37 bits per heavy atom. The summed E-state index contributed by atoms with van der Waals surface area (Å²) in [5.74, 6) is 1.51. The van der Waals surface area contributed by atoms with Crippen LogP contribution in [-0.4, -0.2) is 0 Å². The molecule has 200 valence electrons. The van der Waals surface area contributed by atoms with Crippen LogP contribution < -0.4 is 5.32 Å². The van der Waals surface area contributed by atoms with E-state index in [1.165, 1.54) is 70.2 Å². The molecule has 3 unspecified atom stereocenters. The van der Waals surface area contributed by atoms with Crippen LogP contribution in [0.1, 0.15) is 43.7 Å². The van der Waals surface area contributed by atoms with Gasteiger partial charge in [-0.2, -0.15) is 0 Å². The zero-order chi connectivity index (χ0) is 27.4. The number of fused-ring (bicyclic) bond motifs is 8. The molecule has 0 aliphatic heterocycles. The lowest BCUT2D eigenvalue weighted by Crippen LogP contribution is -2.36. The number of benzene rings is 5. The summed E-state index contributed by atoms with van der Waals surface area (Å²) in [6.07, 6.45) is 7.77. The normalized spacial score (nSPS) is 22.1. The SMILES string of the molecule is CC1C=C2CC(CCC23c2ccccc2-c2ccc(-c4cccc(Nc5ccccc5-c5ccccc5)c4)cc23)C1. The van der Waals surface area contributed by atoms with E-state index in [4.69, 9.17) is 0 Å². The van der Waals surface area contributed by atoms with Crippen molar-refractivity contribution in [3.8, 4) is 33.4 Å². The molecule has 1 fully saturated rings. The van der Waals surface area contributed by atoms with E-state index in [0.717, 1.165) is 17.3 Å². The molecular formula is C40H35N. The second-order valence-corrected chi connectivity index (χ2v) is 12.3. The zero-order valence-electron chi connectivity index (χ0n) is 23.6. The second-order valence-electron chi connectivity index (χ2n) is 12.3. The summed E-state index contributed by atoms with van der Waals surface area (Å²) in [7, 11) is 0. The lowest BCUT2D eigenvalue weighted by molar-refractivity contribution is 0.284. The van der Waals surface area contributed by atoms with Crippen LogP contribution in [0.25, 0.3) is 33.4 Å². The number of hydrogen-bond donors (Lipinski definition) is 1. The van der Waals surface area contributed by atoms with Gasteiger partial charge in [-0.25, -0.2) is 0 Å². The third-order valence-electron chi connectivity index (χ3n) is 9.82. The Bertz CT molecular complexity index is 1800. The Balaban J connectivity index is 1.20. The molecule has 0 radical (unpaired) electrons. The molecule has 41 heavy (non-hydrogen) atoms. The molecule has 1 nitrogen and oxygen atoms in total. The molecule has 2 bridgehead atoms. The van der Waals surface area contributed by atoms with Crippen molar-refractivity contribution < 1.29 is 0 Å². The third kappa shape index (κ3) is 3.98. The van der Waals surface area contributed by atoms with Crippen molar-refractivity contribution in [1.29, 1.82) is 0 Å². The molecule has 1 saturated carbocycles. The van der Waals surface area contributed by atoms with E-state index in [0.29, 0.717) is 5.92 Å². The summed E-state index contributed by atoms with van der Waals surface area (Å²) in [6, 6.07) is 44.5. The van der Waals surface area contributed by atoms with E-state index in [9.17, 15) is 0 Å². The summed E-state index contributed by atoms with van der Waals surface area (Å²) in [5.41, 5.74) is 14.8. The predicted molar refractivity (Wildman–Crippen MR) is 172 cm³/mol. The van der Waals surface area contributed by atoms with Crippen molar-refractivity contribution in [2.24, 2.45) is 11.8 Å². The largest absolute Gasteiger partial charge is 0.355 e. The van der Waals surface area contributed by atoms with Crippen LogP contribution in [-0.2, 0) is 5.41 Å². The van der Waals surface area contributed by atoms with Crippen molar-refractivity contribution in [2.75, 3.05) is 5.32 Å². The molecule has 0 heterocycles. The number of para-hydroxylation sites is 1. The molecule has 3 atom stereocenters. The minimum Gasteiger partial charge on any atom is -0.355 e. The first kappa shape index (κ1) is 24.4. The topological polar surface area (TPSA) is 12.0 Å². The standard InChI is InChI=1S/C40H35N/c1-27-22-28-20-21-40(32(23-27)24-28)37-16-7-5-15-35(37)36-19-18-31(26-38(36)40)30-12-9-13-33(25-30)41-39-17-8-6-14-34(39)29-10-3-2-4-11-29/h2-19,23,25-28,41H,20-22,24H2,1H3. The molecule has 8 rings (SSSR count). The van der Waals surface area contributed by atoms with Gasteiger partial charge in [0.15, 0.2) is 0 Å². The van der Waals surface area contributed by atoms with Crippen LogP contribution in [0.2, 0.25) is 0 Å². The molecule has 0 saturated heterocycles. The maximum absolute atomic E-state index is 3.73. The van der Waals surface area contributed by atoms with Crippen molar-refractivity contribution >= 4 is 11.4 Å². The monoisotopic (exact) mass is 529 g/mol. The lowest BCUT2D eigenvalue weighted by atomic mass is 9.58. The van der Waals surface area contributed by atoms with Gasteiger partial charge in [0.1, 0.15) is 0 Å². The van der Waals surface area contributed by atoms with E-state index < -0.39 is 0 Å². The molecule has 3 aliphatic carbocycles. The Morgan fingerprint density at radius 3 is 2.27 bits per heavy atom. The van der Waals surface area contributed by atoms with Crippen LogP contribution in [0.4, 0.5) is 11.4 Å². The van der Waals surface area contributed by atoms with E-state index in [-0.39, 0.29) is 5.41 Å². The highest BCUT2D eigenvalue weighted by molar-refractivity contribution is 5.87. The van der Waals surface area contributed by atoms with Crippen molar-refractivity contribution in [3.63, 3.8) is 0 Å². The summed E-state index contributed by atoms with van der Waals surface area (Å²) < 4.78 is 0. The Labute approximate surface area is 243 Å². The van der Waals surface area contributed by atoms with Gasteiger partial charge in [-0.1, -0.05) is 116 Å². The maximum atomic E-state index is 3.73. The van der Waals surface area contributed by atoms with Gasteiger partial charge in [-0.05, 0) is 101 Å². The molecule has 1 heteroatoms. The maximum Gasteiger partial charge on any atom is 0.0463 e. The molecular weight excluding hydrogens is 494 g/mol. The van der Waals surface area contributed by atoms with E-state index >= 15 is 0 Å². The van der Waals surface area contributed by atoms with E-state index in [1.807, 2.05) is 0 Å². The fraction of sp³-hybridized carbons (Fsp3) is 0.200. The van der Waals surface area contributed by atoms with Crippen LogP contribution in [0.3, 0.4) is 0 Å². The fourth-order valence-corrected chi connectivity index (χ4v) is 8.07. The fourth-order valence-electron chi connectivity index (χ4n) is 8.07. The van der Waals surface area contributed by atoms with Gasteiger partial charge in [-0.15, -0.1) is 0 Å². The number of allylic oxidation sites excluding steroid dienone is 2. The number of hydrogen-bond acceptors (Lipinski definition) is 1. The van der Waals surface area contributed by atoms with Crippen molar-refractivity contribution in [3.05, 3.63) is 144 Å². The molecule has 0 amide bonds. The number of rotatable bonds is 4. The van der Waals surface area contributed by atoms with E-state index in [1.54, 1.807) is 5.57 Å². The van der Waals surface area contributed by atoms with Gasteiger partial charge < -0.3 is 5.32 Å². The summed E-state index contributed by atoms with van der Waals surface area (Å²) >= 11 is 0. The quantitative estimate of drug-likeness (QED) is 0.228. The van der Waals surface area contributed by atoms with Gasteiger partial charge in [0.05, 0.1) is 0 Å². The second kappa shape index (κ2) is 9.63. The Hall–Kier alpha value is -4.36. The first-order valence-corrected chi connectivity index (χ1v) is 15.2. The molecule has 5 aromatic rings. The van der Waals surface area contributed by atoms with Crippen LogP contribution in [0.5, 0.6) is 0 Å². The average molecular weight is 530 g/mol. The third-order valence-corrected chi connectivity index (χ3v) is 9.82.